The van der Waals surface area contributed by atoms with Crippen molar-refractivity contribution in [2.75, 3.05) is 0 Å². The Morgan fingerprint density at radius 2 is 0.294 bits per heavy atom. The monoisotopic (exact) mass is 733 g/mol. The smallest absolute Gasteiger partial charge is 2.00 e. The fraction of sp³-hybridized carbons (Fsp3) is 0. The van der Waals surface area contributed by atoms with E-state index < -0.39 is 0 Å². The van der Waals surface area contributed by atoms with E-state index in [0.717, 1.165) is 0 Å². The maximum Gasteiger partial charge on any atom is 4.00 e. The van der Waals surface area contributed by atoms with Crippen LogP contribution >= 0.6 is 0 Å². The molecule has 0 N–H and O–H groups in total. The molecular weight excluding hydrogens is 737 g/mol. The van der Waals surface area contributed by atoms with Gasteiger partial charge in [-0.1, -0.05) is 0 Å². The molecule has 0 radical (unpaired) electrons. The molecule has 0 aliphatic rings. The number of hydrogen-bond donors (Lipinski definition) is 0. The van der Waals surface area contributed by atoms with Gasteiger partial charge in [0.1, 0.15) is 0 Å². The van der Waals surface area contributed by atoms with Crippen molar-refractivity contribution >= 4 is 0 Å². The fourth-order valence-corrected chi connectivity index (χ4v) is 0. The number of halogens is 4. The van der Waals surface area contributed by atoms with Gasteiger partial charge >= 0.3 is 78.6 Å². The summed E-state index contributed by atoms with van der Waals surface area (Å²) in [4.78, 5) is 0. The minimum absolute atomic E-state index is 0. The molecule has 0 aliphatic carbocycles. The predicted molar refractivity (Wildman–Crippen MR) is 2.75 cm³/mol. The van der Waals surface area contributed by atoms with Crippen LogP contribution in [0.3, 0.4) is 0 Å². The zero-order valence-electron chi connectivity index (χ0n) is 6.93. The molecule has 0 rings (SSSR count). The van der Waals surface area contributed by atoms with Gasteiger partial charge in [-0.3, -0.25) is 0 Å². The Morgan fingerprint density at radius 3 is 0.294 bits per heavy atom. The van der Waals surface area contributed by atoms with Gasteiger partial charge in [-0.05, 0) is 0 Å². The molecule has 0 aromatic rings. The Morgan fingerprint density at radius 1 is 0.294 bits per heavy atom. The third kappa shape index (κ3) is 278. The molecule has 17 heteroatoms. The summed E-state index contributed by atoms with van der Waals surface area (Å²) in [6.45, 7) is 0. The van der Waals surface area contributed by atoms with Crippen LogP contribution in [0.5, 0.6) is 0 Å². The number of rotatable bonds is 0. The van der Waals surface area contributed by atoms with Crippen molar-refractivity contribution < 1.29 is 223 Å². The molecular formula is Cr3F4Fe3O4Zr3. The Hall–Kier alpha value is 5.37. The van der Waals surface area contributed by atoms with Gasteiger partial charge in [0, 0.05) is 103 Å². The van der Waals surface area contributed by atoms with Gasteiger partial charge in [0.25, 0.3) is 0 Å². The van der Waals surface area contributed by atoms with Gasteiger partial charge in [-0.2, -0.15) is 0 Å². The van der Waals surface area contributed by atoms with E-state index in [1.807, 2.05) is 0 Å². The first kappa shape index (κ1) is 355. The molecule has 0 amide bonds. The quantitative estimate of drug-likeness (QED) is 0.174. The first-order chi connectivity index (χ1) is 0. The largest absolute Gasteiger partial charge is 4.00 e. The van der Waals surface area contributed by atoms with E-state index in [0.29, 0.717) is 0 Å². The fourth-order valence-electron chi connectivity index (χ4n) is 0. The van der Waals surface area contributed by atoms with E-state index in [1.165, 1.54) is 0 Å². The summed E-state index contributed by atoms with van der Waals surface area (Å²) in [5.41, 5.74) is 0. The van der Waals surface area contributed by atoms with Crippen molar-refractivity contribution in [1.29, 1.82) is 0 Å². The van der Waals surface area contributed by atoms with Gasteiger partial charge in [0.15, 0.2) is 0 Å². The summed E-state index contributed by atoms with van der Waals surface area (Å²) in [7, 11) is 0. The van der Waals surface area contributed by atoms with Crippen molar-refractivity contribution in [2.45, 2.75) is 0 Å². The molecule has 0 aromatic carbocycles. The molecule has 0 bridgehead atoms. The Kier molecular flexibility index (Phi) is 6420. The van der Waals surface area contributed by atoms with Crippen molar-refractivity contribution in [2.24, 2.45) is 0 Å². The van der Waals surface area contributed by atoms with Crippen molar-refractivity contribution in [3.63, 3.8) is 0 Å². The summed E-state index contributed by atoms with van der Waals surface area (Å²) in [5.74, 6) is 0. The molecule has 0 aromatic heterocycles. The summed E-state index contributed by atoms with van der Waals surface area (Å²) in [6.07, 6.45) is 0. The minimum atomic E-state index is 0. The van der Waals surface area contributed by atoms with Crippen LogP contribution in [0.4, 0.5) is 0 Å². The molecule has 0 fully saturated rings. The van der Waals surface area contributed by atoms with Crippen LogP contribution in [0, 0.1) is 0 Å². The molecule has 106 valence electrons. The molecule has 0 unspecified atom stereocenters. The molecule has 0 atom stereocenters. The van der Waals surface area contributed by atoms with Gasteiger partial charge in [0.2, 0.25) is 0 Å². The Labute approximate surface area is 218 Å². The molecule has 0 spiro atoms. The summed E-state index contributed by atoms with van der Waals surface area (Å²) < 4.78 is 0. The first-order valence-electron chi connectivity index (χ1n) is 0. The van der Waals surface area contributed by atoms with Crippen LogP contribution < -0.4 is 18.8 Å². The second kappa shape index (κ2) is 308. The van der Waals surface area contributed by atoms with E-state index in [2.05, 4.69) is 0 Å². The maximum absolute atomic E-state index is 0. The van der Waals surface area contributed by atoms with Crippen LogP contribution in [0.2, 0.25) is 0 Å². The van der Waals surface area contributed by atoms with Gasteiger partial charge in [-0.15, -0.1) is 0 Å². The van der Waals surface area contributed by atoms with Crippen molar-refractivity contribution in [3.05, 3.63) is 0 Å². The molecule has 0 saturated carbocycles. The van der Waals surface area contributed by atoms with Crippen molar-refractivity contribution in [1.82, 2.24) is 0 Å². The molecule has 4 nitrogen and oxygen atoms in total. The van der Waals surface area contributed by atoms with E-state index >= 15 is 0 Å². The van der Waals surface area contributed by atoms with E-state index in [1.54, 1.807) is 0 Å². The first-order valence-corrected chi connectivity index (χ1v) is 0. The standard InChI is InChI=1S/3Cr.4FH.3Fe.4O.3Zr/h;;;4*1H;;;;;;;;;;/q;;;;;;;;;;4*-2;3*+4/p-4. The third-order valence-electron chi connectivity index (χ3n) is 0. The second-order valence-electron chi connectivity index (χ2n) is 0. The Bertz CT molecular complexity index is 39.2. The van der Waals surface area contributed by atoms with Crippen LogP contribution in [-0.4, -0.2) is 0 Å². The summed E-state index contributed by atoms with van der Waals surface area (Å²) in [6, 6.07) is 0. The zero-order chi connectivity index (χ0) is 0. The SMILES string of the molecule is [Cr].[Cr].[Cr].[F-].[F-].[F-].[F-].[Fe].[Fe].[Fe].[O-2].[O-2].[O-2].[O-2].[Zr+4].[Zr+4].[Zr+4]. The van der Waals surface area contributed by atoms with Crippen LogP contribution in [0.1, 0.15) is 0 Å². The van der Waals surface area contributed by atoms with Crippen LogP contribution in [0.15, 0.2) is 0 Å². The second-order valence-corrected chi connectivity index (χ2v) is 0. The topological polar surface area (TPSA) is 114 Å². The molecule has 17 heavy (non-hydrogen) atoms. The van der Waals surface area contributed by atoms with E-state index in [4.69, 9.17) is 0 Å². The van der Waals surface area contributed by atoms with E-state index in [-0.39, 0.29) is 223 Å². The summed E-state index contributed by atoms with van der Waals surface area (Å²) >= 11 is 0. The summed E-state index contributed by atoms with van der Waals surface area (Å²) in [5, 5.41) is 0. The average Bonchev–Trinajstić information content (AvgIpc) is 0. The van der Waals surface area contributed by atoms with Gasteiger partial charge < -0.3 is 40.7 Å². The molecule has 0 saturated heterocycles. The third-order valence-corrected chi connectivity index (χ3v) is 0. The normalized spacial score (nSPS) is 0. The Balaban J connectivity index is 0. The predicted octanol–water partition coefficient (Wildman–Crippen LogP) is -12.5. The molecule has 0 heterocycles. The minimum Gasteiger partial charge on any atom is -2.00 e. The van der Waals surface area contributed by atoms with Crippen LogP contribution in [0.25, 0.3) is 0 Å². The average molecular weight is 737 g/mol. The van der Waals surface area contributed by atoms with Crippen molar-refractivity contribution in [3.8, 4) is 0 Å². The van der Waals surface area contributed by atoms with Crippen LogP contribution in [-0.2, 0) is 204 Å². The van der Waals surface area contributed by atoms with E-state index in [9.17, 15) is 0 Å². The molecule has 0 aliphatic heterocycles. The van der Waals surface area contributed by atoms with Gasteiger partial charge in [-0.25, -0.2) is 0 Å². The maximum atomic E-state index is 0. The van der Waals surface area contributed by atoms with Gasteiger partial charge in [0.05, 0.1) is 0 Å². The zero-order valence-corrected chi connectivity index (χ0v) is 21.4. The number of hydrogen-bond acceptors (Lipinski definition) is 0.